The fraction of sp³-hybridized carbons (Fsp3) is 0.871. The Balaban J connectivity index is 1.70. The minimum absolute atomic E-state index is 0.0215. The Morgan fingerprint density at radius 1 is 0.846 bits per heavy atom. The lowest BCUT2D eigenvalue weighted by molar-refractivity contribution is -0.224. The zero-order valence-electron chi connectivity index (χ0n) is 24.8. The lowest BCUT2D eigenvalue weighted by atomic mass is 9.43. The highest BCUT2D eigenvalue weighted by molar-refractivity contribution is 5.69. The third kappa shape index (κ3) is 5.58. The molecule has 39 heavy (non-hydrogen) atoms. The molecule has 0 saturated heterocycles. The van der Waals surface area contributed by atoms with Gasteiger partial charge >= 0.3 is 23.9 Å². The van der Waals surface area contributed by atoms with Crippen LogP contribution in [0.3, 0.4) is 0 Å². The summed E-state index contributed by atoms with van der Waals surface area (Å²) in [5.74, 6) is 0.438. The minimum atomic E-state index is -0.279. The van der Waals surface area contributed by atoms with Gasteiger partial charge in [-0.05, 0) is 86.4 Å². The van der Waals surface area contributed by atoms with E-state index >= 15 is 0 Å². The van der Waals surface area contributed by atoms with E-state index in [0.717, 1.165) is 51.4 Å². The molecule has 0 radical (unpaired) electrons. The molecule has 0 aliphatic heterocycles. The van der Waals surface area contributed by atoms with Crippen molar-refractivity contribution in [3.05, 3.63) is 0 Å². The van der Waals surface area contributed by atoms with Crippen LogP contribution in [0, 0.1) is 46.3 Å². The Kier molecular flexibility index (Phi) is 8.73. The fourth-order valence-electron chi connectivity index (χ4n) is 9.77. The molecule has 0 aromatic rings. The van der Waals surface area contributed by atoms with Crippen molar-refractivity contribution in [3.8, 4) is 0 Å². The number of esters is 4. The van der Waals surface area contributed by atoms with Gasteiger partial charge in [0.15, 0.2) is 0 Å². The molecule has 11 atom stereocenters. The van der Waals surface area contributed by atoms with Crippen LogP contribution in [0.15, 0.2) is 0 Å². The van der Waals surface area contributed by atoms with E-state index in [-0.39, 0.29) is 88.5 Å². The highest BCUT2D eigenvalue weighted by atomic mass is 16.6. The van der Waals surface area contributed by atoms with E-state index in [0.29, 0.717) is 6.42 Å². The molecule has 8 nitrogen and oxygen atoms in total. The summed E-state index contributed by atoms with van der Waals surface area (Å²) in [7, 11) is 1.42. The summed E-state index contributed by atoms with van der Waals surface area (Å²) in [5.41, 5.74) is -0.300. The molecule has 8 heteroatoms. The largest absolute Gasteiger partial charge is 0.469 e. The molecule has 3 unspecified atom stereocenters. The van der Waals surface area contributed by atoms with Crippen molar-refractivity contribution in [2.45, 2.75) is 118 Å². The first kappa shape index (κ1) is 29.9. The first-order valence-electron chi connectivity index (χ1n) is 14.9. The smallest absolute Gasteiger partial charge is 0.305 e. The number of fused-ring (bicyclic) bond motifs is 5. The van der Waals surface area contributed by atoms with Crippen LogP contribution in [0.25, 0.3) is 0 Å². The van der Waals surface area contributed by atoms with Crippen molar-refractivity contribution in [3.63, 3.8) is 0 Å². The summed E-state index contributed by atoms with van der Waals surface area (Å²) in [4.78, 5) is 48.5. The zero-order chi connectivity index (χ0) is 28.7. The molecule has 0 aromatic carbocycles. The van der Waals surface area contributed by atoms with E-state index in [9.17, 15) is 19.2 Å². The van der Waals surface area contributed by atoms with Crippen molar-refractivity contribution in [1.82, 2.24) is 0 Å². The van der Waals surface area contributed by atoms with Crippen LogP contribution in [-0.4, -0.2) is 49.3 Å². The molecule has 4 aliphatic rings. The number of rotatable bonds is 7. The lowest BCUT2D eigenvalue weighted by Gasteiger charge is -2.64. The van der Waals surface area contributed by atoms with Crippen molar-refractivity contribution < 1.29 is 38.1 Å². The first-order valence-corrected chi connectivity index (χ1v) is 14.9. The van der Waals surface area contributed by atoms with E-state index < -0.39 is 0 Å². The number of ether oxygens (including phenoxy) is 4. The molecular weight excluding hydrogens is 500 g/mol. The molecule has 4 rings (SSSR count). The maximum Gasteiger partial charge on any atom is 0.305 e. The third-order valence-corrected chi connectivity index (χ3v) is 11.4. The van der Waals surface area contributed by atoms with Crippen molar-refractivity contribution in [2.75, 3.05) is 7.11 Å². The van der Waals surface area contributed by atoms with E-state index in [2.05, 4.69) is 20.8 Å². The molecule has 4 saturated carbocycles. The predicted molar refractivity (Wildman–Crippen MR) is 143 cm³/mol. The topological polar surface area (TPSA) is 105 Å². The van der Waals surface area contributed by atoms with Gasteiger partial charge in [0.2, 0.25) is 0 Å². The van der Waals surface area contributed by atoms with Crippen LogP contribution in [0.1, 0.15) is 99.3 Å². The van der Waals surface area contributed by atoms with E-state index in [1.54, 1.807) is 0 Å². The zero-order valence-corrected chi connectivity index (χ0v) is 24.8. The third-order valence-electron chi connectivity index (χ3n) is 11.4. The Labute approximate surface area is 233 Å². The number of hydrogen-bond donors (Lipinski definition) is 0. The molecule has 0 heterocycles. The Hall–Kier alpha value is -2.12. The van der Waals surface area contributed by atoms with Crippen molar-refractivity contribution in [2.24, 2.45) is 46.3 Å². The van der Waals surface area contributed by atoms with Crippen LogP contribution in [0.4, 0.5) is 0 Å². The second-order valence-electron chi connectivity index (χ2n) is 13.4. The van der Waals surface area contributed by atoms with Gasteiger partial charge in [-0.1, -0.05) is 20.8 Å². The SMILES string of the molecule is COC(=O)CC[C@@H](C)[C@@H]1CCC2C3C(C[C@@H](OC(C)=O)[C@@]21C)[C@@]1(C)CC[C@H](OC(C)=O)C[C@H]1C[C@@H]3OC(C)=O. The lowest BCUT2D eigenvalue weighted by Crippen LogP contribution is -2.63. The summed E-state index contributed by atoms with van der Waals surface area (Å²) in [6.07, 6.45) is 6.53. The molecular formula is C31H48O8. The van der Waals surface area contributed by atoms with Gasteiger partial charge in [-0.3, -0.25) is 19.2 Å². The Morgan fingerprint density at radius 2 is 1.51 bits per heavy atom. The Bertz CT molecular complexity index is 962. The van der Waals surface area contributed by atoms with Crippen molar-refractivity contribution in [1.29, 1.82) is 0 Å². The van der Waals surface area contributed by atoms with Gasteiger partial charge in [-0.2, -0.15) is 0 Å². The first-order chi connectivity index (χ1) is 18.3. The van der Waals surface area contributed by atoms with E-state index in [1.165, 1.54) is 27.9 Å². The molecule has 0 bridgehead atoms. The summed E-state index contributed by atoms with van der Waals surface area (Å²) in [6, 6.07) is 0. The average molecular weight is 549 g/mol. The number of carbonyl (C=O) groups excluding carboxylic acids is 4. The molecule has 0 N–H and O–H groups in total. The average Bonchev–Trinajstić information content (AvgIpc) is 3.20. The van der Waals surface area contributed by atoms with Crippen molar-refractivity contribution >= 4 is 23.9 Å². The fourth-order valence-corrected chi connectivity index (χ4v) is 9.77. The maximum atomic E-state index is 12.5. The van der Waals surface area contributed by atoms with Crippen LogP contribution in [-0.2, 0) is 38.1 Å². The molecule has 220 valence electrons. The quantitative estimate of drug-likeness (QED) is 0.314. The van der Waals surface area contributed by atoms with E-state index in [4.69, 9.17) is 18.9 Å². The normalized spacial score (nSPS) is 41.7. The molecule has 4 fully saturated rings. The summed E-state index contributed by atoms with van der Waals surface area (Å²) in [6.45, 7) is 11.3. The monoisotopic (exact) mass is 548 g/mol. The van der Waals surface area contributed by atoms with Gasteiger partial charge in [0, 0.05) is 38.5 Å². The Morgan fingerprint density at radius 3 is 2.13 bits per heavy atom. The van der Waals surface area contributed by atoms with E-state index in [1.807, 2.05) is 0 Å². The van der Waals surface area contributed by atoms with Gasteiger partial charge in [0.05, 0.1) is 7.11 Å². The molecule has 0 amide bonds. The highest BCUT2D eigenvalue weighted by Crippen LogP contribution is 2.69. The number of hydrogen-bond acceptors (Lipinski definition) is 8. The van der Waals surface area contributed by atoms with Gasteiger partial charge in [-0.25, -0.2) is 0 Å². The van der Waals surface area contributed by atoms with Crippen LogP contribution in [0.2, 0.25) is 0 Å². The predicted octanol–water partition coefficient (Wildman–Crippen LogP) is 5.25. The van der Waals surface area contributed by atoms with Gasteiger partial charge in [0.25, 0.3) is 0 Å². The maximum absolute atomic E-state index is 12.5. The summed E-state index contributed by atoms with van der Waals surface area (Å²) >= 11 is 0. The second-order valence-corrected chi connectivity index (χ2v) is 13.4. The number of methoxy groups -OCH3 is 1. The molecule has 0 aromatic heterocycles. The summed E-state index contributed by atoms with van der Waals surface area (Å²) in [5, 5.41) is 0. The van der Waals surface area contributed by atoms with Gasteiger partial charge < -0.3 is 18.9 Å². The highest BCUT2D eigenvalue weighted by Gasteiger charge is 2.67. The van der Waals surface area contributed by atoms with Gasteiger partial charge in [-0.15, -0.1) is 0 Å². The number of carbonyl (C=O) groups is 4. The summed E-state index contributed by atoms with van der Waals surface area (Å²) < 4.78 is 22.8. The van der Waals surface area contributed by atoms with Crippen LogP contribution < -0.4 is 0 Å². The standard InChI is InChI=1S/C31H48O8/c1-17(8-11-28(35)36-7)23-9-10-24-29-25(16-27(31(23,24)6)39-20(4)34)30(5)13-12-22(37-18(2)32)14-21(30)15-26(29)38-19(3)33/h17,21-27,29H,8-16H2,1-7H3/t17-,21+,22+,23+,24?,25?,26+,27-,29?,30+,31-/m1/s1. The van der Waals surface area contributed by atoms with Gasteiger partial charge in [0.1, 0.15) is 18.3 Å². The van der Waals surface area contributed by atoms with Crippen LogP contribution in [0.5, 0.6) is 0 Å². The van der Waals surface area contributed by atoms with Crippen LogP contribution >= 0.6 is 0 Å². The molecule has 4 aliphatic carbocycles. The minimum Gasteiger partial charge on any atom is -0.469 e. The second kappa shape index (κ2) is 11.4. The molecule has 0 spiro atoms.